The third-order valence-corrected chi connectivity index (χ3v) is 10.7. The molecule has 0 bridgehead atoms. The number of nitrogens with zero attached hydrogens (tertiary/aromatic N) is 1. The van der Waals surface area contributed by atoms with Gasteiger partial charge >= 0.3 is 11.4 Å². The molecule has 0 aromatic heterocycles. The van der Waals surface area contributed by atoms with Crippen LogP contribution >= 0.6 is 34.8 Å². The van der Waals surface area contributed by atoms with E-state index >= 15 is 0 Å². The van der Waals surface area contributed by atoms with Crippen molar-refractivity contribution in [2.45, 2.75) is 84.5 Å². The number of nitrogens with one attached hydrogen (secondary N) is 5. The van der Waals surface area contributed by atoms with Crippen LogP contribution < -0.4 is 32.3 Å². The first-order valence-corrected chi connectivity index (χ1v) is 20.9. The molecule has 0 saturated heterocycles. The Morgan fingerprint density at radius 2 is 1.11 bits per heavy atom. The molecule has 4 aromatic carbocycles. The third-order valence-electron chi connectivity index (χ3n) is 9.98. The first kappa shape index (κ1) is 51.4. The fourth-order valence-electron chi connectivity index (χ4n) is 7.14. The summed E-state index contributed by atoms with van der Waals surface area (Å²) in [5.41, 5.74) is 9.18. The van der Waals surface area contributed by atoms with Crippen LogP contribution in [0.2, 0.25) is 10.0 Å². The molecule has 2 aliphatic rings. The maximum Gasteiger partial charge on any atom is 0.315 e. The van der Waals surface area contributed by atoms with Gasteiger partial charge in [-0.15, -0.1) is 0 Å². The molecule has 11 nitrogen and oxygen atoms in total. The number of nitrogens with two attached hydrogens (primary N) is 1. The molecule has 0 fully saturated rings. The summed E-state index contributed by atoms with van der Waals surface area (Å²) in [6.45, 7) is 12.3. The molecule has 2 aliphatic carbocycles. The van der Waals surface area contributed by atoms with E-state index in [-0.39, 0.29) is 21.9 Å². The monoisotopic (exact) mass is 923 g/mol. The van der Waals surface area contributed by atoms with E-state index < -0.39 is 46.7 Å². The normalized spacial score (nSPS) is 14.5. The number of rotatable bonds is 8. The summed E-state index contributed by atoms with van der Waals surface area (Å²) in [6.07, 6.45) is 2.11. The molecule has 62 heavy (non-hydrogen) atoms. The van der Waals surface area contributed by atoms with Crippen molar-refractivity contribution in [3.63, 3.8) is 0 Å². The number of halogens is 7. The minimum atomic E-state index is -0.588. The molecule has 0 spiro atoms. The lowest BCUT2D eigenvalue weighted by atomic mass is 10.0. The van der Waals surface area contributed by atoms with Gasteiger partial charge in [0.05, 0.1) is 16.1 Å². The van der Waals surface area contributed by atoms with E-state index in [1.165, 1.54) is 68.7 Å². The smallest absolute Gasteiger partial charge is 0.315 e. The topological polar surface area (TPSA) is 158 Å². The Morgan fingerprint density at radius 1 is 0.694 bits per heavy atom. The van der Waals surface area contributed by atoms with Gasteiger partial charge in [-0.1, -0.05) is 30.1 Å². The predicted molar refractivity (Wildman–Crippen MR) is 238 cm³/mol. The van der Waals surface area contributed by atoms with Crippen molar-refractivity contribution in [2.75, 3.05) is 31.3 Å². The number of anilines is 2. The molecule has 7 N–H and O–H groups in total. The van der Waals surface area contributed by atoms with Crippen LogP contribution in [0.5, 0.6) is 0 Å². The van der Waals surface area contributed by atoms with Crippen molar-refractivity contribution in [1.29, 1.82) is 0 Å². The molecule has 0 heterocycles. The van der Waals surface area contributed by atoms with Crippen LogP contribution in [0.25, 0.3) is 0 Å². The summed E-state index contributed by atoms with van der Waals surface area (Å²) in [5.74, 6) is -2.86. The Kier molecular flexibility index (Phi) is 20.0. The minimum absolute atomic E-state index is 0.0795. The molecule has 5 amide bonds. The summed E-state index contributed by atoms with van der Waals surface area (Å²) in [5, 5.41) is 11.8. The third kappa shape index (κ3) is 14.0. The van der Waals surface area contributed by atoms with Crippen molar-refractivity contribution < 1.29 is 36.7 Å². The highest BCUT2D eigenvalue weighted by molar-refractivity contribution is 6.62. The summed E-state index contributed by atoms with van der Waals surface area (Å²) in [4.78, 5) is 48.4. The van der Waals surface area contributed by atoms with Crippen molar-refractivity contribution in [2.24, 2.45) is 5.73 Å². The van der Waals surface area contributed by atoms with E-state index in [4.69, 9.17) is 40.5 Å². The van der Waals surface area contributed by atoms with Gasteiger partial charge in [-0.3, -0.25) is 19.3 Å². The second-order valence-electron chi connectivity index (χ2n) is 14.6. The lowest BCUT2D eigenvalue weighted by Crippen LogP contribution is -2.36. The predicted octanol–water partition coefficient (Wildman–Crippen LogP) is 10.3. The Balaban J connectivity index is 0.000000256. The number of urea groups is 1. The molecule has 18 heteroatoms. The van der Waals surface area contributed by atoms with Crippen molar-refractivity contribution in [3.8, 4) is 0 Å². The van der Waals surface area contributed by atoms with Crippen LogP contribution in [0.15, 0.2) is 60.7 Å². The number of benzene rings is 4. The average Bonchev–Trinajstić information content (AvgIpc) is 3.83. The second-order valence-corrected chi connectivity index (χ2v) is 15.8. The summed E-state index contributed by atoms with van der Waals surface area (Å²) < 4.78 is 54.5. The summed E-state index contributed by atoms with van der Waals surface area (Å²) >= 11 is 16.1. The average molecular weight is 925 g/mol. The summed E-state index contributed by atoms with van der Waals surface area (Å²) in [6, 6.07) is 13.1. The Bertz CT molecular complexity index is 2220. The van der Waals surface area contributed by atoms with Gasteiger partial charge in [0.15, 0.2) is 0 Å². The van der Waals surface area contributed by atoms with E-state index in [1.54, 1.807) is 0 Å². The van der Waals surface area contributed by atoms with E-state index in [0.717, 1.165) is 12.6 Å². The Labute approximate surface area is 374 Å². The van der Waals surface area contributed by atoms with Gasteiger partial charge in [-0.25, -0.2) is 22.4 Å². The molecular formula is C44H52Cl3F4N7O4. The quantitative estimate of drug-likeness (QED) is 0.0587. The van der Waals surface area contributed by atoms with Crippen LogP contribution in [-0.4, -0.2) is 60.8 Å². The van der Waals surface area contributed by atoms with Gasteiger partial charge in [0.1, 0.15) is 23.3 Å². The van der Waals surface area contributed by atoms with Crippen LogP contribution in [0.3, 0.4) is 0 Å². The number of carbonyl (C=O) groups excluding carboxylic acids is 4. The SMILES string of the molecule is CCN(C(C)C)C(C)C.CNC(=O)Cl.CNC(=O)N[C@H]1CCc2c(C(=O)Nc3ccc(F)c(Cl)c3)ccc(F)c21.N[C@H]1CCc2c(C(=O)Nc3ccc(F)c(Cl)c3)ccc(F)c21. The molecule has 0 aliphatic heterocycles. The fraction of sp³-hybridized carbons (Fsp3) is 0.364. The van der Waals surface area contributed by atoms with E-state index in [0.29, 0.717) is 82.5 Å². The van der Waals surface area contributed by atoms with Crippen molar-refractivity contribution >= 4 is 69.4 Å². The number of hydrogen-bond acceptors (Lipinski definition) is 6. The molecular weight excluding hydrogens is 873 g/mol. The lowest BCUT2D eigenvalue weighted by Gasteiger charge is -2.28. The van der Waals surface area contributed by atoms with Gasteiger partial charge in [0, 0.05) is 65.8 Å². The highest BCUT2D eigenvalue weighted by atomic mass is 35.5. The van der Waals surface area contributed by atoms with Crippen LogP contribution in [0.4, 0.5) is 38.5 Å². The zero-order valence-corrected chi connectivity index (χ0v) is 37.7. The fourth-order valence-corrected chi connectivity index (χ4v) is 7.50. The highest BCUT2D eigenvalue weighted by Crippen LogP contribution is 2.36. The number of amides is 5. The Morgan fingerprint density at radius 3 is 1.50 bits per heavy atom. The number of carbonyl (C=O) groups is 4. The zero-order chi connectivity index (χ0) is 46.4. The van der Waals surface area contributed by atoms with Crippen LogP contribution in [0, 0.1) is 23.3 Å². The standard InChI is InChI=1S/C18H16ClF2N3O2.C16H13ClF2N2O.C8H19N.C2H4ClNO/c1-22-18(26)24-15-7-4-10-11(3-6-14(21)16(10)15)17(25)23-9-2-5-13(20)12(19)8-9;17-11-7-8(1-4-12(11)18)21-16(22)10-2-5-13(19)15-9(10)3-6-14(15)20;1-6-9(7(2)3)8(4)5;1-4-2(3)5/h2-3,5-6,8,15H,4,7H2,1H3,(H,23,25)(H2,22,24,26);1-2,4-5,7,14H,3,6,20H2,(H,21,22);7-8H,6H2,1-5H3;1H3,(H,4,5)/t15-;14-;;/m00../s1. The number of fused-ring (bicyclic) bond motifs is 2. The van der Waals surface area contributed by atoms with E-state index in [9.17, 15) is 36.7 Å². The molecule has 2 atom stereocenters. The van der Waals surface area contributed by atoms with Gasteiger partial charge in [0.25, 0.3) is 11.8 Å². The van der Waals surface area contributed by atoms with Crippen molar-refractivity contribution in [1.82, 2.24) is 20.9 Å². The maximum atomic E-state index is 14.3. The number of hydrogen-bond donors (Lipinski definition) is 6. The van der Waals surface area contributed by atoms with Crippen molar-refractivity contribution in [3.05, 3.63) is 127 Å². The second kappa shape index (κ2) is 24.1. The lowest BCUT2D eigenvalue weighted by molar-refractivity contribution is 0.101. The molecule has 0 radical (unpaired) electrons. The first-order chi connectivity index (χ1) is 29.2. The molecule has 336 valence electrons. The summed E-state index contributed by atoms with van der Waals surface area (Å²) in [7, 11) is 2.94. The van der Waals surface area contributed by atoms with Gasteiger partial charge in [-0.2, -0.15) is 0 Å². The Hall–Kier alpha value is -4.93. The zero-order valence-electron chi connectivity index (χ0n) is 35.4. The van der Waals surface area contributed by atoms with Crippen LogP contribution in [-0.2, 0) is 12.8 Å². The molecule has 6 rings (SSSR count). The minimum Gasteiger partial charge on any atom is -0.346 e. The first-order valence-electron chi connectivity index (χ1n) is 19.8. The van der Waals surface area contributed by atoms with Gasteiger partial charge in [0.2, 0.25) is 0 Å². The maximum absolute atomic E-state index is 14.3. The molecule has 0 unspecified atom stereocenters. The van der Waals surface area contributed by atoms with Gasteiger partial charge < -0.3 is 32.3 Å². The van der Waals surface area contributed by atoms with E-state index in [1.807, 2.05) is 0 Å². The van der Waals surface area contributed by atoms with E-state index in [2.05, 4.69) is 66.1 Å². The van der Waals surface area contributed by atoms with Crippen LogP contribution in [0.1, 0.15) is 103 Å². The largest absolute Gasteiger partial charge is 0.346 e. The highest BCUT2D eigenvalue weighted by Gasteiger charge is 2.31. The molecule has 0 saturated carbocycles. The van der Waals surface area contributed by atoms with Gasteiger partial charge in [-0.05, 0) is 143 Å². The molecule has 4 aromatic rings.